The number of nitrogens with one attached hydrogen (secondary N) is 1. The molecule has 2 aromatic carbocycles. The van der Waals surface area contributed by atoms with Gasteiger partial charge in [0.05, 0.1) is 32.8 Å². The monoisotopic (exact) mass is 482 g/mol. The van der Waals surface area contributed by atoms with Crippen LogP contribution in [0.5, 0.6) is 17.2 Å². The summed E-state index contributed by atoms with van der Waals surface area (Å²) in [7, 11) is 4.83. The number of benzene rings is 2. The number of anilines is 1. The van der Waals surface area contributed by atoms with Crippen molar-refractivity contribution in [2.24, 2.45) is 0 Å². The summed E-state index contributed by atoms with van der Waals surface area (Å²) in [6.45, 7) is 0. The van der Waals surface area contributed by atoms with Crippen LogP contribution in [0.3, 0.4) is 0 Å². The fourth-order valence-corrected chi connectivity index (χ4v) is 4.59. The first-order valence-corrected chi connectivity index (χ1v) is 11.8. The lowest BCUT2D eigenvalue weighted by Crippen LogP contribution is -2.14. The molecule has 0 unspecified atom stereocenters. The lowest BCUT2D eigenvalue weighted by atomic mass is 10.1. The molecule has 0 bridgehead atoms. The SMILES string of the molecule is COc1ccc(-n2ccnc2SCC(=O)Nc2nc(-c3ccc(OC)cc3OC)cs2)cc1. The number of methoxy groups -OCH3 is 3. The second-order valence-corrected chi connectivity index (χ2v) is 8.52. The van der Waals surface area contributed by atoms with Gasteiger partial charge in [-0.15, -0.1) is 11.3 Å². The van der Waals surface area contributed by atoms with Crippen molar-refractivity contribution in [3.63, 3.8) is 0 Å². The summed E-state index contributed by atoms with van der Waals surface area (Å²) >= 11 is 2.71. The number of thioether (sulfide) groups is 1. The second kappa shape index (κ2) is 10.4. The maximum absolute atomic E-state index is 12.5. The number of carbonyl (C=O) groups is 1. The Kier molecular flexibility index (Phi) is 7.16. The third-order valence-corrected chi connectivity index (χ3v) is 6.45. The predicted molar refractivity (Wildman–Crippen MR) is 130 cm³/mol. The van der Waals surface area contributed by atoms with Crippen LogP contribution in [0.1, 0.15) is 0 Å². The Labute approximate surface area is 199 Å². The van der Waals surface area contributed by atoms with Crippen LogP contribution in [0.15, 0.2) is 65.4 Å². The minimum atomic E-state index is -0.160. The summed E-state index contributed by atoms with van der Waals surface area (Å²) in [6.07, 6.45) is 3.57. The first-order valence-electron chi connectivity index (χ1n) is 9.89. The molecule has 33 heavy (non-hydrogen) atoms. The van der Waals surface area contributed by atoms with E-state index in [0.29, 0.717) is 16.6 Å². The molecule has 0 aliphatic heterocycles. The molecular formula is C23H22N4O4S2. The van der Waals surface area contributed by atoms with Gasteiger partial charge in [-0.2, -0.15) is 0 Å². The van der Waals surface area contributed by atoms with Crippen molar-refractivity contribution >= 4 is 34.1 Å². The van der Waals surface area contributed by atoms with E-state index >= 15 is 0 Å². The molecule has 0 fully saturated rings. The number of rotatable bonds is 9. The first kappa shape index (κ1) is 22.7. The van der Waals surface area contributed by atoms with Crippen molar-refractivity contribution in [3.8, 4) is 34.2 Å². The van der Waals surface area contributed by atoms with E-state index in [-0.39, 0.29) is 11.7 Å². The number of hydrogen-bond donors (Lipinski definition) is 1. The zero-order valence-corrected chi connectivity index (χ0v) is 19.9. The minimum Gasteiger partial charge on any atom is -0.497 e. The van der Waals surface area contributed by atoms with Crippen molar-refractivity contribution in [1.82, 2.24) is 14.5 Å². The van der Waals surface area contributed by atoms with Crippen LogP contribution in [0.4, 0.5) is 5.13 Å². The zero-order valence-electron chi connectivity index (χ0n) is 18.3. The number of aromatic nitrogens is 3. The molecule has 0 atom stereocenters. The third-order valence-electron chi connectivity index (χ3n) is 4.72. The largest absolute Gasteiger partial charge is 0.497 e. The first-order chi connectivity index (χ1) is 16.1. The molecule has 0 aliphatic carbocycles. The summed E-state index contributed by atoms with van der Waals surface area (Å²) in [5.74, 6) is 2.17. The van der Waals surface area contributed by atoms with Gasteiger partial charge in [-0.1, -0.05) is 11.8 Å². The number of amides is 1. The lowest BCUT2D eigenvalue weighted by Gasteiger charge is -2.09. The number of ether oxygens (including phenoxy) is 3. The third kappa shape index (κ3) is 5.29. The number of imidazole rings is 1. The van der Waals surface area contributed by atoms with Gasteiger partial charge < -0.3 is 19.5 Å². The predicted octanol–water partition coefficient (Wildman–Crippen LogP) is 4.75. The normalized spacial score (nSPS) is 10.6. The van der Waals surface area contributed by atoms with E-state index in [2.05, 4.69) is 15.3 Å². The molecule has 2 heterocycles. The standard InChI is InChI=1S/C23H22N4O4S2/c1-29-16-6-4-15(5-7-16)27-11-10-24-23(27)33-14-21(28)26-22-25-19(13-32-22)18-9-8-17(30-2)12-20(18)31-3/h4-13H,14H2,1-3H3,(H,25,26,28). The van der Waals surface area contributed by atoms with E-state index in [1.165, 1.54) is 23.1 Å². The van der Waals surface area contributed by atoms with Gasteiger partial charge in [0.25, 0.3) is 0 Å². The van der Waals surface area contributed by atoms with Crippen LogP contribution in [0.2, 0.25) is 0 Å². The van der Waals surface area contributed by atoms with Crippen molar-refractivity contribution < 1.29 is 19.0 Å². The van der Waals surface area contributed by atoms with Crippen molar-refractivity contribution in [2.75, 3.05) is 32.4 Å². The highest BCUT2D eigenvalue weighted by Gasteiger charge is 2.14. The Balaban J connectivity index is 1.39. The minimum absolute atomic E-state index is 0.160. The van der Waals surface area contributed by atoms with Gasteiger partial charge in [0, 0.05) is 35.1 Å². The van der Waals surface area contributed by atoms with Gasteiger partial charge in [0.15, 0.2) is 10.3 Å². The van der Waals surface area contributed by atoms with E-state index in [9.17, 15) is 4.79 Å². The Hall–Kier alpha value is -3.50. The number of hydrogen-bond acceptors (Lipinski definition) is 8. The summed E-state index contributed by atoms with van der Waals surface area (Å²) in [5, 5.41) is 5.98. The van der Waals surface area contributed by atoms with Crippen molar-refractivity contribution in [1.29, 1.82) is 0 Å². The van der Waals surface area contributed by atoms with Gasteiger partial charge in [-0.25, -0.2) is 9.97 Å². The van der Waals surface area contributed by atoms with E-state index < -0.39 is 0 Å². The highest BCUT2D eigenvalue weighted by atomic mass is 32.2. The topological polar surface area (TPSA) is 87.5 Å². The fourth-order valence-electron chi connectivity index (χ4n) is 3.09. The molecule has 0 saturated carbocycles. The molecule has 0 saturated heterocycles. The molecule has 10 heteroatoms. The van der Waals surface area contributed by atoms with Crippen LogP contribution in [-0.4, -0.2) is 47.5 Å². The van der Waals surface area contributed by atoms with Crippen molar-refractivity contribution in [2.45, 2.75) is 5.16 Å². The van der Waals surface area contributed by atoms with Gasteiger partial charge >= 0.3 is 0 Å². The molecule has 1 N–H and O–H groups in total. The second-order valence-electron chi connectivity index (χ2n) is 6.72. The molecule has 0 spiro atoms. The van der Waals surface area contributed by atoms with Gasteiger partial charge in [-0.05, 0) is 36.4 Å². The van der Waals surface area contributed by atoms with Gasteiger partial charge in [-0.3, -0.25) is 9.36 Å². The molecule has 0 radical (unpaired) electrons. The van der Waals surface area contributed by atoms with Crippen LogP contribution in [0.25, 0.3) is 16.9 Å². The van der Waals surface area contributed by atoms with E-state index in [1.807, 2.05) is 52.5 Å². The molecule has 4 rings (SSSR count). The van der Waals surface area contributed by atoms with E-state index in [4.69, 9.17) is 14.2 Å². The maximum Gasteiger partial charge on any atom is 0.236 e. The molecule has 1 amide bonds. The highest BCUT2D eigenvalue weighted by molar-refractivity contribution is 7.99. The summed E-state index contributed by atoms with van der Waals surface area (Å²) in [4.78, 5) is 21.4. The van der Waals surface area contributed by atoms with Gasteiger partial charge in [0.2, 0.25) is 5.91 Å². The van der Waals surface area contributed by atoms with E-state index in [1.54, 1.807) is 33.6 Å². The number of carbonyl (C=O) groups excluding carboxylic acids is 1. The van der Waals surface area contributed by atoms with Crippen LogP contribution < -0.4 is 19.5 Å². The maximum atomic E-state index is 12.5. The van der Waals surface area contributed by atoms with Crippen LogP contribution >= 0.6 is 23.1 Å². The smallest absolute Gasteiger partial charge is 0.236 e. The summed E-state index contributed by atoms with van der Waals surface area (Å²) in [6, 6.07) is 13.2. The summed E-state index contributed by atoms with van der Waals surface area (Å²) < 4.78 is 17.8. The molecule has 4 aromatic rings. The molecule has 170 valence electrons. The molecule has 8 nitrogen and oxygen atoms in total. The van der Waals surface area contributed by atoms with E-state index in [0.717, 1.165) is 27.9 Å². The van der Waals surface area contributed by atoms with Crippen LogP contribution in [-0.2, 0) is 4.79 Å². The summed E-state index contributed by atoms with van der Waals surface area (Å²) in [5.41, 5.74) is 2.48. The zero-order chi connectivity index (χ0) is 23.2. The van der Waals surface area contributed by atoms with Gasteiger partial charge in [0.1, 0.15) is 17.2 Å². The Morgan fingerprint density at radius 1 is 1.06 bits per heavy atom. The quantitative estimate of drug-likeness (QED) is 0.344. The Bertz CT molecular complexity index is 1240. The van der Waals surface area contributed by atoms with Crippen molar-refractivity contribution in [3.05, 3.63) is 60.2 Å². The molecular weight excluding hydrogens is 460 g/mol. The molecule has 0 aliphatic rings. The number of thiazole rings is 1. The average molecular weight is 483 g/mol. The average Bonchev–Trinajstić information content (AvgIpc) is 3.52. The number of nitrogens with zero attached hydrogens (tertiary/aromatic N) is 3. The lowest BCUT2D eigenvalue weighted by molar-refractivity contribution is -0.113. The Morgan fingerprint density at radius 3 is 2.55 bits per heavy atom. The Morgan fingerprint density at radius 2 is 1.82 bits per heavy atom. The molecule has 2 aromatic heterocycles. The fraction of sp³-hybridized carbons (Fsp3) is 0.174. The highest BCUT2D eigenvalue weighted by Crippen LogP contribution is 2.35. The van der Waals surface area contributed by atoms with Crippen LogP contribution in [0, 0.1) is 0 Å².